The molecule has 0 aliphatic rings. The number of ketones is 1. The van der Waals surface area contributed by atoms with E-state index in [1.807, 2.05) is 32.2 Å². The molecular weight excluding hydrogens is 364 g/mol. The summed E-state index contributed by atoms with van der Waals surface area (Å²) in [5.41, 5.74) is 2.39. The van der Waals surface area contributed by atoms with Crippen molar-refractivity contribution >= 4 is 28.2 Å². The van der Waals surface area contributed by atoms with Gasteiger partial charge < -0.3 is 15.0 Å². The van der Waals surface area contributed by atoms with E-state index in [1.165, 1.54) is 12.5 Å². The molecule has 0 radical (unpaired) electrons. The van der Waals surface area contributed by atoms with Crippen molar-refractivity contribution in [2.24, 2.45) is 0 Å². The van der Waals surface area contributed by atoms with Crippen LogP contribution in [0.25, 0.3) is 10.8 Å². The first-order valence-corrected chi connectivity index (χ1v) is 9.68. The average molecular weight is 391 g/mol. The van der Waals surface area contributed by atoms with Crippen molar-refractivity contribution in [1.29, 1.82) is 0 Å². The number of ether oxygens (including phenoxy) is 1. The lowest BCUT2D eigenvalue weighted by Crippen LogP contribution is -3.12. The van der Waals surface area contributed by atoms with Gasteiger partial charge in [0.2, 0.25) is 0 Å². The zero-order valence-corrected chi connectivity index (χ0v) is 17.3. The summed E-state index contributed by atoms with van der Waals surface area (Å²) < 4.78 is 5.28. The van der Waals surface area contributed by atoms with Gasteiger partial charge in [0.25, 0.3) is 5.91 Å². The van der Waals surface area contributed by atoms with Crippen molar-refractivity contribution in [1.82, 2.24) is 0 Å². The Hall–Kier alpha value is -3.18. The van der Waals surface area contributed by atoms with Crippen molar-refractivity contribution < 1.29 is 19.2 Å². The van der Waals surface area contributed by atoms with E-state index < -0.39 is 0 Å². The highest BCUT2D eigenvalue weighted by molar-refractivity contribution is 5.98. The molecule has 3 rings (SSSR count). The van der Waals surface area contributed by atoms with Crippen molar-refractivity contribution in [2.75, 3.05) is 19.5 Å². The summed E-state index contributed by atoms with van der Waals surface area (Å²) in [6.07, 6.45) is 0. The number of rotatable bonds is 7. The zero-order chi connectivity index (χ0) is 21.0. The van der Waals surface area contributed by atoms with E-state index in [1.54, 1.807) is 31.4 Å². The first-order valence-electron chi connectivity index (χ1n) is 9.68. The minimum Gasteiger partial charge on any atom is -0.497 e. The molecule has 0 heterocycles. The first kappa shape index (κ1) is 20.6. The van der Waals surface area contributed by atoms with E-state index in [-0.39, 0.29) is 17.7 Å². The summed E-state index contributed by atoms with van der Waals surface area (Å²) in [6.45, 7) is 4.15. The van der Waals surface area contributed by atoms with Gasteiger partial charge in [0.15, 0.2) is 11.8 Å². The second-order valence-electron chi connectivity index (χ2n) is 7.42. The average Bonchev–Trinajstić information content (AvgIpc) is 2.72. The van der Waals surface area contributed by atoms with Crippen molar-refractivity contribution in [3.8, 4) is 5.75 Å². The third kappa shape index (κ3) is 5.00. The minimum atomic E-state index is -0.248. The molecule has 0 saturated carbocycles. The van der Waals surface area contributed by atoms with Crippen LogP contribution in [-0.2, 0) is 11.3 Å². The normalized spacial score (nSPS) is 13.0. The fourth-order valence-electron chi connectivity index (χ4n) is 3.28. The quantitative estimate of drug-likeness (QED) is 0.609. The van der Waals surface area contributed by atoms with E-state index in [0.717, 1.165) is 28.0 Å². The summed E-state index contributed by atoms with van der Waals surface area (Å²) >= 11 is 0. The Morgan fingerprint density at radius 2 is 1.76 bits per heavy atom. The van der Waals surface area contributed by atoms with Crippen LogP contribution in [0.4, 0.5) is 5.69 Å². The van der Waals surface area contributed by atoms with Crippen LogP contribution in [0.1, 0.15) is 29.8 Å². The number of benzene rings is 3. The highest BCUT2D eigenvalue weighted by Gasteiger charge is 2.22. The number of hydrogen-bond acceptors (Lipinski definition) is 3. The summed E-state index contributed by atoms with van der Waals surface area (Å²) in [4.78, 5) is 25.3. The number of nitrogens with one attached hydrogen (secondary N) is 2. The number of Topliss-reactive ketones (excluding diaryl/α,β-unsaturated/α-hetero) is 1. The van der Waals surface area contributed by atoms with Gasteiger partial charge in [-0.25, -0.2) is 0 Å². The Kier molecular flexibility index (Phi) is 6.29. The molecular formula is C24H27N2O3+. The van der Waals surface area contributed by atoms with Crippen LogP contribution in [-0.4, -0.2) is 31.9 Å². The third-order valence-corrected chi connectivity index (χ3v) is 5.26. The maximum Gasteiger partial charge on any atom is 0.282 e. The number of amides is 1. The fraction of sp³-hybridized carbons (Fsp3) is 0.250. The van der Waals surface area contributed by atoms with Gasteiger partial charge in [-0.1, -0.05) is 30.3 Å². The van der Waals surface area contributed by atoms with Crippen LogP contribution in [0.5, 0.6) is 5.75 Å². The molecule has 0 aliphatic heterocycles. The molecule has 1 amide bonds. The molecule has 5 heteroatoms. The van der Waals surface area contributed by atoms with Crippen LogP contribution in [0.15, 0.2) is 60.7 Å². The number of fused-ring (bicyclic) bond motifs is 1. The molecule has 1 unspecified atom stereocenters. The Morgan fingerprint density at radius 3 is 2.48 bits per heavy atom. The topological polar surface area (TPSA) is 59.8 Å². The van der Waals surface area contributed by atoms with E-state index in [9.17, 15) is 9.59 Å². The molecule has 0 bridgehead atoms. The minimum absolute atomic E-state index is 0.0224. The van der Waals surface area contributed by atoms with Gasteiger partial charge in [-0.2, -0.15) is 0 Å². The van der Waals surface area contributed by atoms with E-state index >= 15 is 0 Å². The molecule has 2 atom stereocenters. The second-order valence-corrected chi connectivity index (χ2v) is 7.42. The Bertz CT molecular complexity index is 1050. The molecule has 0 aromatic heterocycles. The highest BCUT2D eigenvalue weighted by atomic mass is 16.5. The highest BCUT2D eigenvalue weighted by Crippen LogP contribution is 2.21. The van der Waals surface area contributed by atoms with Crippen LogP contribution < -0.4 is 15.0 Å². The summed E-state index contributed by atoms with van der Waals surface area (Å²) in [5, 5.41) is 5.19. The number of anilines is 1. The van der Waals surface area contributed by atoms with Crippen LogP contribution >= 0.6 is 0 Å². The summed E-state index contributed by atoms with van der Waals surface area (Å²) in [7, 11) is 3.67. The number of carbonyl (C=O) groups is 2. The SMILES string of the molecule is COc1ccc2cc(C[NH+](C)[C@@H](C)C(=O)Nc3cccc(C(C)=O)c3)ccc2c1. The molecule has 2 N–H and O–H groups in total. The smallest absolute Gasteiger partial charge is 0.282 e. The maximum atomic E-state index is 12.7. The van der Waals surface area contributed by atoms with Crippen LogP contribution in [0, 0.1) is 0 Å². The Balaban J connectivity index is 1.67. The third-order valence-electron chi connectivity index (χ3n) is 5.26. The van der Waals surface area contributed by atoms with E-state index in [4.69, 9.17) is 4.74 Å². The molecule has 5 nitrogen and oxygen atoms in total. The summed E-state index contributed by atoms with van der Waals surface area (Å²) in [6, 6.07) is 19.1. The van der Waals surface area contributed by atoms with Gasteiger partial charge in [0, 0.05) is 16.8 Å². The van der Waals surface area contributed by atoms with Crippen LogP contribution in [0.3, 0.4) is 0 Å². The number of quaternary nitrogens is 1. The van der Waals surface area contributed by atoms with Gasteiger partial charge >= 0.3 is 0 Å². The van der Waals surface area contributed by atoms with Gasteiger partial charge in [-0.15, -0.1) is 0 Å². The predicted molar refractivity (Wildman–Crippen MR) is 116 cm³/mol. The largest absolute Gasteiger partial charge is 0.497 e. The lowest BCUT2D eigenvalue weighted by atomic mass is 10.1. The molecule has 0 aliphatic carbocycles. The molecule has 0 spiro atoms. The van der Waals surface area contributed by atoms with Gasteiger partial charge in [0.1, 0.15) is 12.3 Å². The Labute approximate surface area is 171 Å². The second kappa shape index (κ2) is 8.88. The molecule has 0 saturated heterocycles. The zero-order valence-electron chi connectivity index (χ0n) is 17.3. The number of likely N-dealkylation sites (N-methyl/N-ethyl adjacent to an activating group) is 1. The van der Waals surface area contributed by atoms with Crippen molar-refractivity contribution in [3.05, 3.63) is 71.8 Å². The molecule has 3 aromatic rings. The molecule has 0 fully saturated rings. The predicted octanol–water partition coefficient (Wildman–Crippen LogP) is 3.09. The van der Waals surface area contributed by atoms with E-state index in [2.05, 4.69) is 23.5 Å². The molecule has 150 valence electrons. The van der Waals surface area contributed by atoms with E-state index in [0.29, 0.717) is 11.3 Å². The van der Waals surface area contributed by atoms with Gasteiger partial charge in [-0.3, -0.25) is 9.59 Å². The molecule has 3 aromatic carbocycles. The first-order chi connectivity index (χ1) is 13.9. The van der Waals surface area contributed by atoms with Gasteiger partial charge in [0.05, 0.1) is 14.2 Å². The lowest BCUT2D eigenvalue weighted by molar-refractivity contribution is -0.907. The maximum absolute atomic E-state index is 12.7. The summed E-state index contributed by atoms with van der Waals surface area (Å²) in [5.74, 6) is 0.742. The molecule has 29 heavy (non-hydrogen) atoms. The fourth-order valence-corrected chi connectivity index (χ4v) is 3.28. The lowest BCUT2D eigenvalue weighted by Gasteiger charge is -2.21. The number of hydrogen-bond donors (Lipinski definition) is 2. The van der Waals surface area contributed by atoms with Gasteiger partial charge in [-0.05, 0) is 55.0 Å². The van der Waals surface area contributed by atoms with Crippen molar-refractivity contribution in [3.63, 3.8) is 0 Å². The standard InChI is InChI=1S/C24H26N2O3/c1-16(24(28)25-22-7-5-6-19(13-22)17(2)27)26(3)15-18-8-9-21-14-23(29-4)11-10-20(21)12-18/h5-14,16H,15H2,1-4H3,(H,25,28)/p+1/t16-/m0/s1. The number of methoxy groups -OCH3 is 1. The Morgan fingerprint density at radius 1 is 1.03 bits per heavy atom. The number of carbonyl (C=O) groups excluding carboxylic acids is 2. The monoisotopic (exact) mass is 391 g/mol. The van der Waals surface area contributed by atoms with Crippen molar-refractivity contribution in [2.45, 2.75) is 26.4 Å². The van der Waals surface area contributed by atoms with Crippen LogP contribution in [0.2, 0.25) is 0 Å².